The second kappa shape index (κ2) is 6.01. The molecular formula is C14H17BrFN3O. The van der Waals surface area contributed by atoms with Crippen LogP contribution in [0.4, 0.5) is 4.39 Å². The standard InChI is InChI=1S/C14H17BrFN3O/c1-3-14(4-2,8-17)13-18-12(19-20-13)9-5-6-11(16)10(15)7-9/h5-7H,3-4,8,17H2,1-2H3. The molecule has 1 aromatic heterocycles. The molecule has 2 N–H and O–H groups in total. The van der Waals surface area contributed by atoms with Crippen LogP contribution in [0.5, 0.6) is 0 Å². The third kappa shape index (κ3) is 2.62. The fourth-order valence-electron chi connectivity index (χ4n) is 2.12. The van der Waals surface area contributed by atoms with E-state index < -0.39 is 0 Å². The number of nitrogens with two attached hydrogens (primary N) is 1. The van der Waals surface area contributed by atoms with Crippen LogP contribution in [0.2, 0.25) is 0 Å². The van der Waals surface area contributed by atoms with Gasteiger partial charge in [0.15, 0.2) is 0 Å². The molecule has 0 unspecified atom stereocenters. The Morgan fingerprint density at radius 2 is 2.05 bits per heavy atom. The van der Waals surface area contributed by atoms with E-state index in [1.165, 1.54) is 6.07 Å². The molecule has 1 aromatic carbocycles. The minimum atomic E-state index is -0.323. The first-order valence-corrected chi connectivity index (χ1v) is 7.35. The van der Waals surface area contributed by atoms with E-state index in [4.69, 9.17) is 10.3 Å². The summed E-state index contributed by atoms with van der Waals surface area (Å²) in [5, 5.41) is 3.98. The molecule has 1 heterocycles. The van der Waals surface area contributed by atoms with E-state index in [1.54, 1.807) is 12.1 Å². The van der Waals surface area contributed by atoms with Crippen molar-refractivity contribution in [3.8, 4) is 11.4 Å². The van der Waals surface area contributed by atoms with Gasteiger partial charge in [-0.05, 0) is 47.0 Å². The van der Waals surface area contributed by atoms with E-state index >= 15 is 0 Å². The highest BCUT2D eigenvalue weighted by molar-refractivity contribution is 9.10. The molecule has 0 bridgehead atoms. The third-order valence-corrected chi connectivity index (χ3v) is 4.41. The van der Waals surface area contributed by atoms with Crippen LogP contribution in [0.1, 0.15) is 32.6 Å². The average Bonchev–Trinajstić information content (AvgIpc) is 2.95. The summed E-state index contributed by atoms with van der Waals surface area (Å²) in [6.45, 7) is 4.55. The molecule has 6 heteroatoms. The van der Waals surface area contributed by atoms with E-state index in [-0.39, 0.29) is 11.2 Å². The Morgan fingerprint density at radius 3 is 2.60 bits per heavy atom. The largest absolute Gasteiger partial charge is 0.338 e. The number of aromatic nitrogens is 2. The Morgan fingerprint density at radius 1 is 1.35 bits per heavy atom. The van der Waals surface area contributed by atoms with Crippen LogP contribution in [-0.4, -0.2) is 16.7 Å². The molecule has 0 saturated heterocycles. The minimum absolute atomic E-state index is 0.289. The van der Waals surface area contributed by atoms with Gasteiger partial charge in [0.2, 0.25) is 11.7 Å². The molecular weight excluding hydrogens is 325 g/mol. The topological polar surface area (TPSA) is 64.9 Å². The lowest BCUT2D eigenvalue weighted by Gasteiger charge is -2.24. The van der Waals surface area contributed by atoms with E-state index in [1.807, 2.05) is 0 Å². The van der Waals surface area contributed by atoms with Crippen LogP contribution in [-0.2, 0) is 5.41 Å². The van der Waals surface area contributed by atoms with Crippen molar-refractivity contribution < 1.29 is 8.91 Å². The number of benzene rings is 1. The first-order chi connectivity index (χ1) is 9.56. The van der Waals surface area contributed by atoms with Gasteiger partial charge in [0.25, 0.3) is 0 Å². The highest BCUT2D eigenvalue weighted by Crippen LogP contribution is 2.31. The smallest absolute Gasteiger partial charge is 0.234 e. The predicted octanol–water partition coefficient (Wildman–Crippen LogP) is 3.65. The Labute approximate surface area is 125 Å². The lowest BCUT2D eigenvalue weighted by Crippen LogP contribution is -2.34. The lowest BCUT2D eigenvalue weighted by molar-refractivity contribution is 0.267. The summed E-state index contributed by atoms with van der Waals surface area (Å²) < 4.78 is 19.0. The molecule has 0 aliphatic heterocycles. The second-order valence-corrected chi connectivity index (χ2v) is 5.60. The quantitative estimate of drug-likeness (QED) is 0.901. The highest BCUT2D eigenvalue weighted by Gasteiger charge is 2.33. The number of hydrogen-bond acceptors (Lipinski definition) is 4. The zero-order valence-corrected chi connectivity index (χ0v) is 13.1. The number of nitrogens with zero attached hydrogens (tertiary/aromatic N) is 2. The zero-order chi connectivity index (χ0) is 14.8. The summed E-state index contributed by atoms with van der Waals surface area (Å²) in [5.74, 6) is 0.664. The summed E-state index contributed by atoms with van der Waals surface area (Å²) in [6, 6.07) is 4.62. The molecule has 2 rings (SSSR count). The Kier molecular flexibility index (Phi) is 4.55. The predicted molar refractivity (Wildman–Crippen MR) is 78.7 cm³/mol. The van der Waals surface area contributed by atoms with Crippen molar-refractivity contribution in [1.82, 2.24) is 10.1 Å². The van der Waals surface area contributed by atoms with Crippen LogP contribution in [0.25, 0.3) is 11.4 Å². The molecule has 0 aliphatic rings. The van der Waals surface area contributed by atoms with Gasteiger partial charge in [0, 0.05) is 12.1 Å². The Bertz CT molecular complexity index is 588. The van der Waals surface area contributed by atoms with Gasteiger partial charge in [-0.15, -0.1) is 0 Å². The van der Waals surface area contributed by atoms with Crippen LogP contribution in [0.3, 0.4) is 0 Å². The van der Waals surface area contributed by atoms with Crippen LogP contribution in [0, 0.1) is 5.82 Å². The molecule has 0 amide bonds. The monoisotopic (exact) mass is 341 g/mol. The SMILES string of the molecule is CCC(CC)(CN)c1nc(-c2ccc(F)c(Br)c2)no1. The van der Waals surface area contributed by atoms with Crippen molar-refractivity contribution in [2.75, 3.05) is 6.54 Å². The average molecular weight is 342 g/mol. The van der Waals surface area contributed by atoms with Crippen molar-refractivity contribution in [1.29, 1.82) is 0 Å². The van der Waals surface area contributed by atoms with Gasteiger partial charge >= 0.3 is 0 Å². The van der Waals surface area contributed by atoms with Gasteiger partial charge in [0.05, 0.1) is 9.89 Å². The second-order valence-electron chi connectivity index (χ2n) is 4.74. The summed E-state index contributed by atoms with van der Waals surface area (Å²) in [7, 11) is 0. The molecule has 0 atom stereocenters. The normalized spacial score (nSPS) is 11.8. The maximum absolute atomic E-state index is 13.2. The van der Waals surface area contributed by atoms with E-state index in [0.29, 0.717) is 28.3 Å². The van der Waals surface area contributed by atoms with Gasteiger partial charge in [-0.25, -0.2) is 4.39 Å². The number of halogens is 2. The fourth-order valence-corrected chi connectivity index (χ4v) is 2.50. The maximum Gasteiger partial charge on any atom is 0.234 e. The van der Waals surface area contributed by atoms with Gasteiger partial charge in [-0.2, -0.15) is 4.98 Å². The molecule has 2 aromatic rings. The molecule has 0 saturated carbocycles. The summed E-state index contributed by atoms with van der Waals surface area (Å²) in [4.78, 5) is 4.44. The van der Waals surface area contributed by atoms with Gasteiger partial charge in [-0.3, -0.25) is 0 Å². The van der Waals surface area contributed by atoms with Crippen LogP contribution >= 0.6 is 15.9 Å². The summed E-state index contributed by atoms with van der Waals surface area (Å²) in [6.07, 6.45) is 1.66. The Balaban J connectivity index is 2.39. The molecule has 108 valence electrons. The number of rotatable bonds is 5. The third-order valence-electron chi connectivity index (χ3n) is 3.80. The summed E-state index contributed by atoms with van der Waals surface area (Å²) in [5.41, 5.74) is 6.28. The molecule has 0 aliphatic carbocycles. The highest BCUT2D eigenvalue weighted by atomic mass is 79.9. The van der Waals surface area contributed by atoms with Crippen LogP contribution < -0.4 is 5.73 Å². The van der Waals surface area contributed by atoms with Crippen molar-refractivity contribution in [3.05, 3.63) is 34.4 Å². The lowest BCUT2D eigenvalue weighted by atomic mass is 9.82. The first kappa shape index (κ1) is 15.1. The van der Waals surface area contributed by atoms with Crippen molar-refractivity contribution in [2.24, 2.45) is 5.73 Å². The van der Waals surface area contributed by atoms with Gasteiger partial charge < -0.3 is 10.3 Å². The van der Waals surface area contributed by atoms with Crippen molar-refractivity contribution in [2.45, 2.75) is 32.1 Å². The minimum Gasteiger partial charge on any atom is -0.338 e. The molecule has 0 spiro atoms. The van der Waals surface area contributed by atoms with Gasteiger partial charge in [0.1, 0.15) is 5.82 Å². The van der Waals surface area contributed by atoms with Crippen molar-refractivity contribution in [3.63, 3.8) is 0 Å². The summed E-state index contributed by atoms with van der Waals surface area (Å²) >= 11 is 3.15. The Hall–Kier alpha value is -1.27. The molecule has 20 heavy (non-hydrogen) atoms. The first-order valence-electron chi connectivity index (χ1n) is 6.56. The van der Waals surface area contributed by atoms with Crippen LogP contribution in [0.15, 0.2) is 27.2 Å². The van der Waals surface area contributed by atoms with E-state index in [0.717, 1.165) is 12.8 Å². The number of hydrogen-bond donors (Lipinski definition) is 1. The fraction of sp³-hybridized carbons (Fsp3) is 0.429. The van der Waals surface area contributed by atoms with E-state index in [9.17, 15) is 4.39 Å². The molecule has 4 nitrogen and oxygen atoms in total. The van der Waals surface area contributed by atoms with Crippen molar-refractivity contribution >= 4 is 15.9 Å². The maximum atomic E-state index is 13.2. The van der Waals surface area contributed by atoms with E-state index in [2.05, 4.69) is 39.9 Å². The molecule has 0 radical (unpaired) electrons. The zero-order valence-electron chi connectivity index (χ0n) is 11.5. The molecule has 0 fully saturated rings. The van der Waals surface area contributed by atoms with Gasteiger partial charge in [-0.1, -0.05) is 19.0 Å².